The van der Waals surface area contributed by atoms with Gasteiger partial charge < -0.3 is 4.74 Å². The summed E-state index contributed by atoms with van der Waals surface area (Å²) in [5, 5.41) is 0. The molecule has 0 aliphatic carbocycles. The highest BCUT2D eigenvalue weighted by molar-refractivity contribution is 7.89. The van der Waals surface area contributed by atoms with E-state index in [4.69, 9.17) is 16.3 Å². The highest BCUT2D eigenvalue weighted by Gasteiger charge is 2.18. The monoisotopic (exact) mass is 277 g/mol. The van der Waals surface area contributed by atoms with Crippen LogP contribution in [0.5, 0.6) is 5.75 Å². The van der Waals surface area contributed by atoms with Crippen molar-refractivity contribution in [3.63, 3.8) is 0 Å². The molecule has 0 radical (unpaired) electrons. The summed E-state index contributed by atoms with van der Waals surface area (Å²) >= 11 is 5.66. The smallest absolute Gasteiger partial charge is 0.240 e. The van der Waals surface area contributed by atoms with E-state index in [1.165, 1.54) is 19.2 Å². The number of benzene rings is 1. The van der Waals surface area contributed by atoms with Crippen LogP contribution in [-0.2, 0) is 10.0 Å². The zero-order valence-corrected chi connectivity index (χ0v) is 11.4. The predicted octanol–water partition coefficient (Wildman–Crippen LogP) is 1.99. The lowest BCUT2D eigenvalue weighted by molar-refractivity contribution is 0.414. The number of rotatable bonds is 6. The molecule has 1 aromatic carbocycles. The van der Waals surface area contributed by atoms with Crippen molar-refractivity contribution < 1.29 is 13.2 Å². The Balaban J connectivity index is 2.89. The van der Waals surface area contributed by atoms with Gasteiger partial charge in [0, 0.05) is 11.9 Å². The molecule has 0 saturated heterocycles. The Bertz CT molecular complexity index is 440. The first-order chi connectivity index (χ1) is 8.03. The molecule has 1 N–H and O–H groups in total. The highest BCUT2D eigenvalue weighted by Crippen LogP contribution is 2.16. The molecule has 17 heavy (non-hydrogen) atoms. The van der Waals surface area contributed by atoms with E-state index < -0.39 is 10.0 Å². The molecular weight excluding hydrogens is 262 g/mol. The molecule has 0 aliphatic rings. The van der Waals surface area contributed by atoms with Crippen LogP contribution in [0.15, 0.2) is 29.2 Å². The summed E-state index contributed by atoms with van der Waals surface area (Å²) in [6.45, 7) is 1.88. The molecule has 0 spiro atoms. The molecule has 0 aliphatic heterocycles. The molecule has 4 nitrogen and oxygen atoms in total. The van der Waals surface area contributed by atoms with Gasteiger partial charge in [0.25, 0.3) is 0 Å². The average molecular weight is 278 g/mol. The van der Waals surface area contributed by atoms with E-state index in [1.807, 2.05) is 6.92 Å². The molecule has 1 atom stereocenters. The largest absolute Gasteiger partial charge is 0.497 e. The fraction of sp³-hybridized carbons (Fsp3) is 0.455. The topological polar surface area (TPSA) is 55.4 Å². The van der Waals surface area contributed by atoms with Crippen molar-refractivity contribution >= 4 is 21.6 Å². The molecular formula is C11H16ClNO3S. The maximum Gasteiger partial charge on any atom is 0.240 e. The molecule has 6 heteroatoms. The van der Waals surface area contributed by atoms with Gasteiger partial charge in [-0.15, -0.1) is 11.6 Å². The van der Waals surface area contributed by atoms with E-state index in [0.717, 1.165) is 0 Å². The van der Waals surface area contributed by atoms with Gasteiger partial charge in [0.05, 0.1) is 12.0 Å². The summed E-state index contributed by atoms with van der Waals surface area (Å²) in [5.41, 5.74) is 0. The predicted molar refractivity (Wildman–Crippen MR) is 68.1 cm³/mol. The number of alkyl halides is 1. The van der Waals surface area contributed by atoms with Gasteiger partial charge >= 0.3 is 0 Å². The number of hydrogen-bond acceptors (Lipinski definition) is 3. The molecule has 1 unspecified atom stereocenters. The fourth-order valence-electron chi connectivity index (χ4n) is 1.27. The third-order valence-electron chi connectivity index (χ3n) is 2.37. The van der Waals surface area contributed by atoms with E-state index in [2.05, 4.69) is 4.72 Å². The Labute approximate surface area is 107 Å². The number of ether oxygens (including phenoxy) is 1. The van der Waals surface area contributed by atoms with Crippen LogP contribution in [0.4, 0.5) is 0 Å². The van der Waals surface area contributed by atoms with Crippen molar-refractivity contribution in [2.24, 2.45) is 0 Å². The van der Waals surface area contributed by atoms with Crippen LogP contribution in [0.25, 0.3) is 0 Å². The third-order valence-corrected chi connectivity index (χ3v) is 4.28. The van der Waals surface area contributed by atoms with Gasteiger partial charge in [0.1, 0.15) is 5.75 Å². The van der Waals surface area contributed by atoms with Gasteiger partial charge in [-0.1, -0.05) is 6.92 Å². The molecule has 96 valence electrons. The summed E-state index contributed by atoms with van der Waals surface area (Å²) < 4.78 is 31.4. The lowest BCUT2D eigenvalue weighted by Gasteiger charge is -2.14. The van der Waals surface area contributed by atoms with E-state index >= 15 is 0 Å². The van der Waals surface area contributed by atoms with Gasteiger partial charge in [-0.3, -0.25) is 0 Å². The Kier molecular flexibility index (Phi) is 5.24. The average Bonchev–Trinajstić information content (AvgIpc) is 2.36. The van der Waals surface area contributed by atoms with Crippen LogP contribution >= 0.6 is 11.6 Å². The number of halogens is 1. The quantitative estimate of drug-likeness (QED) is 0.809. The summed E-state index contributed by atoms with van der Waals surface area (Å²) in [7, 11) is -1.97. The SMILES string of the molecule is CCC(CCl)NS(=O)(=O)c1ccc(OC)cc1. The lowest BCUT2D eigenvalue weighted by Crippen LogP contribution is -2.35. The molecule has 0 fully saturated rings. The van der Waals surface area contributed by atoms with Gasteiger partial charge in [0.15, 0.2) is 0 Å². The first kappa shape index (κ1) is 14.3. The van der Waals surface area contributed by atoms with Gasteiger partial charge in [0.2, 0.25) is 10.0 Å². The Morgan fingerprint density at radius 2 is 1.94 bits per heavy atom. The summed E-state index contributed by atoms with van der Waals surface area (Å²) in [6.07, 6.45) is 0.652. The molecule has 1 aromatic rings. The number of nitrogens with one attached hydrogen (secondary N) is 1. The second-order valence-corrected chi connectivity index (χ2v) is 5.58. The van der Waals surface area contributed by atoms with Gasteiger partial charge in [-0.25, -0.2) is 13.1 Å². The van der Waals surface area contributed by atoms with Crippen LogP contribution in [0, 0.1) is 0 Å². The number of sulfonamides is 1. The maximum absolute atomic E-state index is 11.9. The second kappa shape index (κ2) is 6.23. The van der Waals surface area contributed by atoms with Crippen LogP contribution in [0.1, 0.15) is 13.3 Å². The zero-order chi connectivity index (χ0) is 12.9. The van der Waals surface area contributed by atoms with Crippen molar-refractivity contribution in [2.45, 2.75) is 24.3 Å². The van der Waals surface area contributed by atoms with Gasteiger partial charge in [-0.2, -0.15) is 0 Å². The molecule has 1 rings (SSSR count). The van der Waals surface area contributed by atoms with Crippen molar-refractivity contribution in [3.8, 4) is 5.75 Å². The van der Waals surface area contributed by atoms with Crippen LogP contribution < -0.4 is 9.46 Å². The van der Waals surface area contributed by atoms with Crippen LogP contribution in [0.3, 0.4) is 0 Å². The normalized spacial score (nSPS) is 13.4. The lowest BCUT2D eigenvalue weighted by atomic mass is 10.3. The minimum absolute atomic E-state index is 0.210. The summed E-state index contributed by atoms with van der Waals surface area (Å²) in [6, 6.07) is 5.97. The standard InChI is InChI=1S/C11H16ClNO3S/c1-3-9(8-12)13-17(14,15)11-6-4-10(16-2)5-7-11/h4-7,9,13H,3,8H2,1-2H3. The van der Waals surface area contributed by atoms with Crippen LogP contribution in [0.2, 0.25) is 0 Å². The van der Waals surface area contributed by atoms with E-state index in [0.29, 0.717) is 12.2 Å². The van der Waals surface area contributed by atoms with Crippen LogP contribution in [-0.4, -0.2) is 27.4 Å². The van der Waals surface area contributed by atoms with Crippen molar-refractivity contribution in [3.05, 3.63) is 24.3 Å². The van der Waals surface area contributed by atoms with Crippen molar-refractivity contribution in [1.29, 1.82) is 0 Å². The third kappa shape index (κ3) is 3.87. The molecule has 0 saturated carbocycles. The van der Waals surface area contributed by atoms with E-state index in [9.17, 15) is 8.42 Å². The minimum atomic E-state index is -3.50. The molecule has 0 amide bonds. The zero-order valence-electron chi connectivity index (χ0n) is 9.81. The summed E-state index contributed by atoms with van der Waals surface area (Å²) in [5.74, 6) is 0.875. The Morgan fingerprint density at radius 3 is 2.35 bits per heavy atom. The maximum atomic E-state index is 11.9. The highest BCUT2D eigenvalue weighted by atomic mass is 35.5. The van der Waals surface area contributed by atoms with Gasteiger partial charge in [-0.05, 0) is 30.7 Å². The molecule has 0 heterocycles. The first-order valence-electron chi connectivity index (χ1n) is 5.25. The fourth-order valence-corrected chi connectivity index (χ4v) is 2.97. The number of hydrogen-bond donors (Lipinski definition) is 1. The molecule has 0 aromatic heterocycles. The van der Waals surface area contributed by atoms with E-state index in [1.54, 1.807) is 12.1 Å². The van der Waals surface area contributed by atoms with E-state index in [-0.39, 0.29) is 16.8 Å². The Hall–Kier alpha value is -0.780. The summed E-state index contributed by atoms with van der Waals surface area (Å²) in [4.78, 5) is 0.210. The Morgan fingerprint density at radius 1 is 1.35 bits per heavy atom. The van der Waals surface area contributed by atoms with Crippen molar-refractivity contribution in [2.75, 3.05) is 13.0 Å². The first-order valence-corrected chi connectivity index (χ1v) is 7.27. The minimum Gasteiger partial charge on any atom is -0.497 e. The number of methoxy groups -OCH3 is 1. The second-order valence-electron chi connectivity index (χ2n) is 3.56. The van der Waals surface area contributed by atoms with Crippen molar-refractivity contribution in [1.82, 2.24) is 4.72 Å². The molecule has 0 bridgehead atoms.